The maximum absolute atomic E-state index is 11.8. The monoisotopic (exact) mass is 233 g/mol. The average Bonchev–Trinajstić information content (AvgIpc) is 2.14. The maximum atomic E-state index is 11.8. The zero-order valence-corrected chi connectivity index (χ0v) is 10.2. The number of carbonyl (C=O) groups is 1. The third-order valence-corrected chi connectivity index (χ3v) is 3.88. The molecule has 5 heteroatoms. The number of nitrogens with one attached hydrogen (secondary N) is 1. The highest BCUT2D eigenvalue weighted by Crippen LogP contribution is 2.21. The van der Waals surface area contributed by atoms with Crippen molar-refractivity contribution >= 4 is 15.6 Å². The highest BCUT2D eigenvalue weighted by Gasteiger charge is 2.33. The van der Waals surface area contributed by atoms with Crippen LogP contribution in [-0.4, -0.2) is 38.3 Å². The number of sulfone groups is 1. The van der Waals surface area contributed by atoms with Crippen molar-refractivity contribution in [3.63, 3.8) is 0 Å². The molecular weight excluding hydrogens is 214 g/mol. The van der Waals surface area contributed by atoms with Crippen LogP contribution in [0.4, 0.5) is 0 Å². The highest BCUT2D eigenvalue weighted by molar-refractivity contribution is 7.90. The largest absolute Gasteiger partial charge is 0.305 e. The summed E-state index contributed by atoms with van der Waals surface area (Å²) in [6, 6.07) is 0. The summed E-state index contributed by atoms with van der Waals surface area (Å²) in [7, 11) is -3.03. The van der Waals surface area contributed by atoms with Gasteiger partial charge in [0, 0.05) is 12.7 Å². The average molecular weight is 233 g/mol. The van der Waals surface area contributed by atoms with Gasteiger partial charge >= 0.3 is 0 Å². The van der Waals surface area contributed by atoms with Crippen molar-refractivity contribution in [1.29, 1.82) is 0 Å². The van der Waals surface area contributed by atoms with Crippen LogP contribution in [0.2, 0.25) is 0 Å². The van der Waals surface area contributed by atoms with Crippen LogP contribution in [0.15, 0.2) is 0 Å². The number of carbonyl (C=O) groups excluding carboxylic acids is 1. The van der Waals surface area contributed by atoms with Gasteiger partial charge in [-0.05, 0) is 32.7 Å². The number of rotatable bonds is 4. The first-order valence-electron chi connectivity index (χ1n) is 5.30. The summed E-state index contributed by atoms with van der Waals surface area (Å²) in [5.41, 5.74) is -0.497. The van der Waals surface area contributed by atoms with Gasteiger partial charge in [0.15, 0.2) is 5.78 Å². The fourth-order valence-corrected chi connectivity index (χ4v) is 2.40. The summed E-state index contributed by atoms with van der Waals surface area (Å²) in [6.45, 7) is 2.72. The van der Waals surface area contributed by atoms with Crippen LogP contribution in [0.1, 0.15) is 32.6 Å². The van der Waals surface area contributed by atoms with Gasteiger partial charge in [-0.15, -0.1) is 0 Å². The molecule has 0 aromatic carbocycles. The predicted octanol–water partition coefficient (Wildman–Crippen LogP) is 0.522. The number of piperidine rings is 1. The van der Waals surface area contributed by atoms with Crippen LogP contribution >= 0.6 is 0 Å². The summed E-state index contributed by atoms with van der Waals surface area (Å²) in [5, 5.41) is 3.19. The highest BCUT2D eigenvalue weighted by atomic mass is 32.2. The lowest BCUT2D eigenvalue weighted by Crippen LogP contribution is -2.52. The Morgan fingerprint density at radius 2 is 2.07 bits per heavy atom. The Labute approximate surface area is 91.4 Å². The first kappa shape index (κ1) is 12.6. The Kier molecular flexibility index (Phi) is 3.89. The van der Waals surface area contributed by atoms with E-state index in [9.17, 15) is 13.2 Å². The number of hydrogen-bond donors (Lipinski definition) is 1. The standard InChI is InChI=1S/C10H19NO3S/c1-10(6-3-4-7-11-10)9(12)5-8-15(2,13)14/h11H,3-8H2,1-2H3. The number of hydrogen-bond acceptors (Lipinski definition) is 4. The van der Waals surface area contributed by atoms with E-state index in [-0.39, 0.29) is 18.0 Å². The second-order valence-electron chi connectivity index (χ2n) is 4.52. The molecule has 0 amide bonds. The smallest absolute Gasteiger partial charge is 0.153 e. The Morgan fingerprint density at radius 1 is 1.40 bits per heavy atom. The van der Waals surface area contributed by atoms with E-state index in [0.717, 1.165) is 32.1 Å². The molecule has 0 radical (unpaired) electrons. The SMILES string of the molecule is CC1(C(=O)CCS(C)(=O)=O)CCCCN1. The lowest BCUT2D eigenvalue weighted by Gasteiger charge is -2.33. The second-order valence-corrected chi connectivity index (χ2v) is 6.78. The van der Waals surface area contributed by atoms with Crippen LogP contribution in [0.3, 0.4) is 0 Å². The first-order valence-corrected chi connectivity index (χ1v) is 7.36. The van der Waals surface area contributed by atoms with E-state index in [1.54, 1.807) is 0 Å². The van der Waals surface area contributed by atoms with Gasteiger partial charge in [-0.3, -0.25) is 4.79 Å². The fourth-order valence-electron chi connectivity index (χ4n) is 1.85. The van der Waals surface area contributed by atoms with E-state index in [1.807, 2.05) is 6.92 Å². The van der Waals surface area contributed by atoms with Crippen LogP contribution < -0.4 is 5.32 Å². The van der Waals surface area contributed by atoms with Crippen molar-refractivity contribution in [2.45, 2.75) is 38.1 Å². The van der Waals surface area contributed by atoms with Crippen LogP contribution in [-0.2, 0) is 14.6 Å². The van der Waals surface area contributed by atoms with Gasteiger partial charge in [0.05, 0.1) is 11.3 Å². The lowest BCUT2D eigenvalue weighted by molar-refractivity contribution is -0.125. The van der Waals surface area contributed by atoms with E-state index in [0.29, 0.717) is 0 Å². The molecule has 1 fully saturated rings. The number of ketones is 1. The molecule has 88 valence electrons. The van der Waals surface area contributed by atoms with Gasteiger partial charge in [-0.25, -0.2) is 8.42 Å². The van der Waals surface area contributed by atoms with E-state index in [1.165, 1.54) is 0 Å². The van der Waals surface area contributed by atoms with Crippen molar-refractivity contribution in [1.82, 2.24) is 5.32 Å². The summed E-state index contributed by atoms with van der Waals surface area (Å²) >= 11 is 0. The minimum atomic E-state index is -3.03. The summed E-state index contributed by atoms with van der Waals surface area (Å²) in [5.74, 6) is -0.0176. The third-order valence-electron chi connectivity index (χ3n) is 2.93. The molecule has 1 rings (SSSR count). The van der Waals surface area contributed by atoms with Gasteiger partial charge in [-0.1, -0.05) is 0 Å². The molecule has 0 bridgehead atoms. The summed E-state index contributed by atoms with van der Waals surface area (Å²) in [6.07, 6.45) is 4.23. The zero-order chi connectivity index (χ0) is 11.5. The molecule has 1 N–H and O–H groups in total. The van der Waals surface area contributed by atoms with Crippen LogP contribution in [0, 0.1) is 0 Å². The lowest BCUT2D eigenvalue weighted by atomic mass is 9.86. The molecule has 15 heavy (non-hydrogen) atoms. The molecule has 1 atom stereocenters. The normalized spacial score (nSPS) is 27.6. The molecule has 1 aliphatic heterocycles. The van der Waals surface area contributed by atoms with Crippen molar-refractivity contribution in [3.05, 3.63) is 0 Å². The maximum Gasteiger partial charge on any atom is 0.153 e. The van der Waals surface area contributed by atoms with Crippen LogP contribution in [0.25, 0.3) is 0 Å². The molecular formula is C10H19NO3S. The minimum Gasteiger partial charge on any atom is -0.305 e. The quantitative estimate of drug-likeness (QED) is 0.769. The number of Topliss-reactive ketones (excluding diaryl/α,β-unsaturated/α-hetero) is 1. The molecule has 0 saturated carbocycles. The Morgan fingerprint density at radius 3 is 2.53 bits per heavy atom. The van der Waals surface area contributed by atoms with E-state index in [4.69, 9.17) is 0 Å². The molecule has 1 saturated heterocycles. The third kappa shape index (κ3) is 3.91. The fraction of sp³-hybridized carbons (Fsp3) is 0.900. The second kappa shape index (κ2) is 4.61. The van der Waals surface area contributed by atoms with E-state index >= 15 is 0 Å². The Balaban J connectivity index is 2.52. The summed E-state index contributed by atoms with van der Waals surface area (Å²) < 4.78 is 21.9. The molecule has 0 aromatic heterocycles. The molecule has 1 unspecified atom stereocenters. The molecule has 0 spiro atoms. The van der Waals surface area contributed by atoms with E-state index in [2.05, 4.69) is 5.32 Å². The van der Waals surface area contributed by atoms with Crippen molar-refractivity contribution in [3.8, 4) is 0 Å². The first-order chi connectivity index (χ1) is 6.83. The zero-order valence-electron chi connectivity index (χ0n) is 9.38. The molecule has 4 nitrogen and oxygen atoms in total. The Bertz CT molecular complexity index is 329. The minimum absolute atomic E-state index is 0.0209. The van der Waals surface area contributed by atoms with Crippen molar-refractivity contribution in [2.75, 3.05) is 18.6 Å². The van der Waals surface area contributed by atoms with Gasteiger partial charge < -0.3 is 5.32 Å². The Hall–Kier alpha value is -0.420. The van der Waals surface area contributed by atoms with Gasteiger partial charge in [0.25, 0.3) is 0 Å². The molecule has 0 aliphatic carbocycles. The molecule has 0 aromatic rings. The van der Waals surface area contributed by atoms with Crippen molar-refractivity contribution < 1.29 is 13.2 Å². The molecule has 1 aliphatic rings. The van der Waals surface area contributed by atoms with E-state index < -0.39 is 15.4 Å². The van der Waals surface area contributed by atoms with Crippen LogP contribution in [0.5, 0.6) is 0 Å². The summed E-state index contributed by atoms with van der Waals surface area (Å²) in [4.78, 5) is 11.8. The predicted molar refractivity (Wildman–Crippen MR) is 59.6 cm³/mol. The van der Waals surface area contributed by atoms with Gasteiger partial charge in [0.1, 0.15) is 9.84 Å². The van der Waals surface area contributed by atoms with Crippen molar-refractivity contribution in [2.24, 2.45) is 0 Å². The van der Waals surface area contributed by atoms with Gasteiger partial charge in [-0.2, -0.15) is 0 Å². The molecule has 1 heterocycles. The van der Waals surface area contributed by atoms with Gasteiger partial charge in [0.2, 0.25) is 0 Å². The topological polar surface area (TPSA) is 63.2 Å².